The van der Waals surface area contributed by atoms with E-state index in [4.69, 9.17) is 5.11 Å². The molecule has 1 atom stereocenters. The van der Waals surface area contributed by atoms with Crippen LogP contribution in [0.25, 0.3) is 0 Å². The van der Waals surface area contributed by atoms with Gasteiger partial charge in [-0.15, -0.1) is 0 Å². The third-order valence-corrected chi connectivity index (χ3v) is 2.58. The summed E-state index contributed by atoms with van der Waals surface area (Å²) in [6.45, 7) is 2.08. The molecule has 1 rings (SSSR count). The summed E-state index contributed by atoms with van der Waals surface area (Å²) in [5, 5.41) is 14.0. The lowest BCUT2D eigenvalue weighted by Crippen LogP contribution is -2.36. The Morgan fingerprint density at radius 3 is 2.35 bits per heavy atom. The number of rotatable bonds is 5. The highest BCUT2D eigenvalue weighted by molar-refractivity contribution is 5.73. The topological polar surface area (TPSA) is 61.4 Å². The Hall–Kier alpha value is -1.76. The van der Waals surface area contributed by atoms with Gasteiger partial charge in [0.25, 0.3) is 0 Å². The van der Waals surface area contributed by atoms with Crippen LogP contribution in [0.3, 0.4) is 0 Å². The van der Waals surface area contributed by atoms with Gasteiger partial charge in [0.1, 0.15) is 0 Å². The predicted molar refractivity (Wildman–Crippen MR) is 68.0 cm³/mol. The van der Waals surface area contributed by atoms with Gasteiger partial charge in [-0.2, -0.15) is 13.2 Å². The number of nitrogens with one attached hydrogen (secondary N) is 2. The maximum atomic E-state index is 12.3. The van der Waals surface area contributed by atoms with Crippen molar-refractivity contribution >= 4 is 6.03 Å². The minimum atomic E-state index is -4.36. The highest BCUT2D eigenvalue weighted by atomic mass is 19.4. The second-order valence-electron chi connectivity index (χ2n) is 4.44. The molecule has 0 aliphatic rings. The monoisotopic (exact) mass is 290 g/mol. The molecule has 0 radical (unpaired) electrons. The lowest BCUT2D eigenvalue weighted by molar-refractivity contribution is -0.137. The SMILES string of the molecule is CC(O)CCNC(=O)NCc1ccc(C(F)(F)F)cc1. The second kappa shape index (κ2) is 7.14. The molecule has 1 unspecified atom stereocenters. The maximum absolute atomic E-state index is 12.3. The summed E-state index contributed by atoms with van der Waals surface area (Å²) in [5.74, 6) is 0. The minimum absolute atomic E-state index is 0.138. The molecule has 1 aromatic carbocycles. The summed E-state index contributed by atoms with van der Waals surface area (Å²) in [4.78, 5) is 11.3. The number of alkyl halides is 3. The minimum Gasteiger partial charge on any atom is -0.393 e. The van der Waals surface area contributed by atoms with E-state index in [0.717, 1.165) is 12.1 Å². The zero-order chi connectivity index (χ0) is 15.2. The van der Waals surface area contributed by atoms with E-state index in [1.807, 2.05) is 0 Å². The third kappa shape index (κ3) is 5.92. The number of carbonyl (C=O) groups excluding carboxylic acids is 1. The largest absolute Gasteiger partial charge is 0.416 e. The molecule has 20 heavy (non-hydrogen) atoms. The molecule has 0 aromatic heterocycles. The number of halogens is 3. The van der Waals surface area contributed by atoms with E-state index in [1.165, 1.54) is 12.1 Å². The molecule has 0 heterocycles. The molecule has 1 aromatic rings. The van der Waals surface area contributed by atoms with Crippen LogP contribution in [0, 0.1) is 0 Å². The van der Waals surface area contributed by atoms with E-state index in [-0.39, 0.29) is 6.54 Å². The Balaban J connectivity index is 2.37. The molecule has 112 valence electrons. The van der Waals surface area contributed by atoms with Crippen molar-refractivity contribution in [2.45, 2.75) is 32.2 Å². The summed E-state index contributed by atoms with van der Waals surface area (Å²) in [6.07, 6.45) is -4.41. The predicted octanol–water partition coefficient (Wildman–Crippen LogP) is 2.28. The maximum Gasteiger partial charge on any atom is 0.416 e. The van der Waals surface area contributed by atoms with Gasteiger partial charge in [-0.25, -0.2) is 4.79 Å². The van der Waals surface area contributed by atoms with Gasteiger partial charge in [0.15, 0.2) is 0 Å². The molecule has 0 fully saturated rings. The Bertz CT molecular complexity index is 430. The summed E-state index contributed by atoms with van der Waals surface area (Å²) < 4.78 is 37.0. The molecular formula is C13H17F3N2O2. The fourth-order valence-electron chi connectivity index (χ4n) is 1.45. The van der Waals surface area contributed by atoms with Gasteiger partial charge in [0.2, 0.25) is 0 Å². The summed E-state index contributed by atoms with van der Waals surface area (Å²) in [7, 11) is 0. The fourth-order valence-corrected chi connectivity index (χ4v) is 1.45. The smallest absolute Gasteiger partial charge is 0.393 e. The van der Waals surface area contributed by atoms with Gasteiger partial charge < -0.3 is 15.7 Å². The van der Waals surface area contributed by atoms with Gasteiger partial charge in [0.05, 0.1) is 11.7 Å². The zero-order valence-electron chi connectivity index (χ0n) is 11.0. The molecule has 4 nitrogen and oxygen atoms in total. The fraction of sp³-hybridized carbons (Fsp3) is 0.462. The average Bonchev–Trinajstić information content (AvgIpc) is 2.35. The van der Waals surface area contributed by atoms with E-state index in [0.29, 0.717) is 18.5 Å². The quantitative estimate of drug-likeness (QED) is 0.779. The first-order valence-electron chi connectivity index (χ1n) is 6.15. The van der Waals surface area contributed by atoms with Gasteiger partial charge >= 0.3 is 12.2 Å². The van der Waals surface area contributed by atoms with E-state index in [2.05, 4.69) is 10.6 Å². The Kier molecular flexibility index (Phi) is 5.82. The lowest BCUT2D eigenvalue weighted by Gasteiger charge is -2.10. The number of aliphatic hydroxyl groups is 1. The molecular weight excluding hydrogens is 273 g/mol. The summed E-state index contributed by atoms with van der Waals surface area (Å²) in [6, 6.07) is 4.16. The number of amides is 2. The number of urea groups is 1. The lowest BCUT2D eigenvalue weighted by atomic mass is 10.1. The Labute approximate surface area is 115 Å². The summed E-state index contributed by atoms with van der Waals surface area (Å²) >= 11 is 0. The normalized spacial score (nSPS) is 12.8. The number of aliphatic hydroxyl groups excluding tert-OH is 1. The zero-order valence-corrected chi connectivity index (χ0v) is 11.0. The molecule has 0 spiro atoms. The highest BCUT2D eigenvalue weighted by Gasteiger charge is 2.29. The van der Waals surface area contributed by atoms with Crippen LogP contribution in [0.4, 0.5) is 18.0 Å². The first-order chi connectivity index (χ1) is 9.29. The third-order valence-electron chi connectivity index (χ3n) is 2.58. The van der Waals surface area contributed by atoms with Crippen molar-refractivity contribution in [2.75, 3.05) is 6.54 Å². The highest BCUT2D eigenvalue weighted by Crippen LogP contribution is 2.28. The van der Waals surface area contributed by atoms with Crippen molar-refractivity contribution in [3.63, 3.8) is 0 Å². The van der Waals surface area contributed by atoms with Crippen LogP contribution in [-0.2, 0) is 12.7 Å². The van der Waals surface area contributed by atoms with Crippen LogP contribution in [0.2, 0.25) is 0 Å². The van der Waals surface area contributed by atoms with Crippen molar-refractivity contribution in [3.05, 3.63) is 35.4 Å². The van der Waals surface area contributed by atoms with Crippen LogP contribution < -0.4 is 10.6 Å². The van der Waals surface area contributed by atoms with Crippen molar-refractivity contribution in [1.29, 1.82) is 0 Å². The van der Waals surface area contributed by atoms with Crippen molar-refractivity contribution in [1.82, 2.24) is 10.6 Å². The average molecular weight is 290 g/mol. The first-order valence-corrected chi connectivity index (χ1v) is 6.15. The molecule has 0 aliphatic carbocycles. The number of benzene rings is 1. The number of hydrogen-bond donors (Lipinski definition) is 3. The molecule has 0 aliphatic heterocycles. The number of hydrogen-bond acceptors (Lipinski definition) is 2. The van der Waals surface area contributed by atoms with Gasteiger partial charge in [-0.1, -0.05) is 12.1 Å². The standard InChI is InChI=1S/C13H17F3N2O2/c1-9(19)6-7-17-12(20)18-8-10-2-4-11(5-3-10)13(14,15)16/h2-5,9,19H,6-8H2,1H3,(H2,17,18,20). The molecule has 0 saturated carbocycles. The van der Waals surface area contributed by atoms with E-state index >= 15 is 0 Å². The molecule has 3 N–H and O–H groups in total. The number of carbonyl (C=O) groups is 1. The Morgan fingerprint density at radius 1 is 1.25 bits per heavy atom. The van der Waals surface area contributed by atoms with Crippen molar-refractivity contribution in [2.24, 2.45) is 0 Å². The van der Waals surface area contributed by atoms with Crippen LogP contribution in [0.5, 0.6) is 0 Å². The van der Waals surface area contributed by atoms with Crippen LogP contribution >= 0.6 is 0 Å². The molecule has 2 amide bonds. The van der Waals surface area contributed by atoms with E-state index in [1.54, 1.807) is 6.92 Å². The van der Waals surface area contributed by atoms with Gasteiger partial charge in [0, 0.05) is 13.1 Å². The summed E-state index contributed by atoms with van der Waals surface area (Å²) in [5.41, 5.74) is -0.147. The van der Waals surface area contributed by atoms with Crippen LogP contribution in [0.15, 0.2) is 24.3 Å². The first kappa shape index (κ1) is 16.3. The van der Waals surface area contributed by atoms with Crippen LogP contribution in [-0.4, -0.2) is 23.8 Å². The van der Waals surface area contributed by atoms with Crippen LogP contribution in [0.1, 0.15) is 24.5 Å². The van der Waals surface area contributed by atoms with Gasteiger partial charge in [-0.05, 0) is 31.0 Å². The van der Waals surface area contributed by atoms with E-state index < -0.39 is 23.9 Å². The van der Waals surface area contributed by atoms with E-state index in [9.17, 15) is 18.0 Å². The Morgan fingerprint density at radius 2 is 1.85 bits per heavy atom. The van der Waals surface area contributed by atoms with Gasteiger partial charge in [-0.3, -0.25) is 0 Å². The molecule has 0 saturated heterocycles. The second-order valence-corrected chi connectivity index (χ2v) is 4.44. The van der Waals surface area contributed by atoms with Crippen molar-refractivity contribution in [3.8, 4) is 0 Å². The van der Waals surface area contributed by atoms with Crippen molar-refractivity contribution < 1.29 is 23.1 Å². The molecule has 7 heteroatoms. The molecule has 0 bridgehead atoms.